The van der Waals surface area contributed by atoms with E-state index in [4.69, 9.17) is 10.5 Å². The summed E-state index contributed by atoms with van der Waals surface area (Å²) in [6.45, 7) is 1.33. The molecule has 0 aliphatic carbocycles. The minimum atomic E-state index is -0.0472. The molecule has 1 aromatic carbocycles. The summed E-state index contributed by atoms with van der Waals surface area (Å²) in [5, 5.41) is 3.09. The Hall–Kier alpha value is -1.10. The van der Waals surface area contributed by atoms with E-state index in [1.54, 1.807) is 0 Å². The molecule has 3 N–H and O–H groups in total. The van der Waals surface area contributed by atoms with Crippen molar-refractivity contribution in [2.45, 2.75) is 37.8 Å². The quantitative estimate of drug-likeness (QED) is 0.846. The van der Waals surface area contributed by atoms with Gasteiger partial charge in [-0.2, -0.15) is 0 Å². The number of amides is 1. The number of nitrogens with two attached hydrogens (primary N) is 1. The first kappa shape index (κ1) is 17.0. The zero-order valence-electron chi connectivity index (χ0n) is 11.6. The first-order valence-electron chi connectivity index (χ1n) is 6.97. The molecule has 2 unspecified atom stereocenters. The molecule has 2 rings (SSSR count). The molecule has 1 heterocycles. The summed E-state index contributed by atoms with van der Waals surface area (Å²) in [4.78, 5) is 11.9. The molecule has 1 saturated heterocycles. The lowest BCUT2D eigenvalue weighted by Crippen LogP contribution is -2.36. The Labute approximate surface area is 126 Å². The van der Waals surface area contributed by atoms with Crippen LogP contribution in [0.1, 0.15) is 37.3 Å². The van der Waals surface area contributed by atoms with Crippen LogP contribution in [-0.2, 0) is 9.53 Å². The number of carbonyl (C=O) groups excluding carboxylic acids is 1. The largest absolute Gasteiger partial charge is 0.376 e. The van der Waals surface area contributed by atoms with Gasteiger partial charge in [0.05, 0.1) is 12.1 Å². The van der Waals surface area contributed by atoms with Crippen molar-refractivity contribution in [1.29, 1.82) is 0 Å². The first-order chi connectivity index (χ1) is 9.31. The summed E-state index contributed by atoms with van der Waals surface area (Å²) in [7, 11) is 0. The third-order valence-corrected chi connectivity index (χ3v) is 3.42. The van der Waals surface area contributed by atoms with Crippen LogP contribution in [-0.4, -0.2) is 25.2 Å². The van der Waals surface area contributed by atoms with Crippen LogP contribution in [0.5, 0.6) is 0 Å². The lowest BCUT2D eigenvalue weighted by atomic mass is 9.99. The molecule has 0 radical (unpaired) electrons. The van der Waals surface area contributed by atoms with Gasteiger partial charge in [0.1, 0.15) is 0 Å². The third kappa shape index (κ3) is 4.78. The van der Waals surface area contributed by atoms with Crippen LogP contribution in [0.25, 0.3) is 0 Å². The fourth-order valence-corrected chi connectivity index (χ4v) is 2.42. The highest BCUT2D eigenvalue weighted by molar-refractivity contribution is 5.85. The van der Waals surface area contributed by atoms with E-state index >= 15 is 0 Å². The third-order valence-electron chi connectivity index (χ3n) is 3.42. The van der Waals surface area contributed by atoms with Crippen molar-refractivity contribution in [3.63, 3.8) is 0 Å². The van der Waals surface area contributed by atoms with E-state index < -0.39 is 0 Å². The van der Waals surface area contributed by atoms with Gasteiger partial charge in [0.25, 0.3) is 0 Å². The Bertz CT molecular complexity index is 394. The summed E-state index contributed by atoms with van der Waals surface area (Å²) >= 11 is 0. The molecule has 0 aromatic heterocycles. The molecule has 4 nitrogen and oxygen atoms in total. The molecule has 0 saturated carbocycles. The maximum atomic E-state index is 11.9. The number of benzene rings is 1. The van der Waals surface area contributed by atoms with Gasteiger partial charge in [-0.05, 0) is 31.4 Å². The van der Waals surface area contributed by atoms with E-state index in [9.17, 15) is 4.79 Å². The fraction of sp³-hybridized carbons (Fsp3) is 0.533. The maximum absolute atomic E-state index is 11.9. The Balaban J connectivity index is 0.00000200. The number of hydrogen-bond donors (Lipinski definition) is 2. The highest BCUT2D eigenvalue weighted by atomic mass is 35.5. The summed E-state index contributed by atoms with van der Waals surface area (Å²) < 4.78 is 5.74. The average Bonchev–Trinajstić information content (AvgIpc) is 2.97. The monoisotopic (exact) mass is 298 g/mol. The van der Waals surface area contributed by atoms with Crippen LogP contribution in [0.4, 0.5) is 0 Å². The zero-order chi connectivity index (χ0) is 13.5. The lowest BCUT2D eigenvalue weighted by molar-refractivity contribution is -0.122. The van der Waals surface area contributed by atoms with E-state index in [2.05, 4.69) is 5.32 Å². The van der Waals surface area contributed by atoms with E-state index in [0.717, 1.165) is 31.4 Å². The van der Waals surface area contributed by atoms with Gasteiger partial charge in [0.2, 0.25) is 5.91 Å². The molecule has 2 atom stereocenters. The Morgan fingerprint density at radius 3 is 2.75 bits per heavy atom. The molecular weight excluding hydrogens is 276 g/mol. The van der Waals surface area contributed by atoms with Crippen molar-refractivity contribution < 1.29 is 9.53 Å². The lowest BCUT2D eigenvalue weighted by Gasteiger charge is -2.24. The highest BCUT2D eigenvalue weighted by Gasteiger charge is 2.28. The summed E-state index contributed by atoms with van der Waals surface area (Å²) in [5.41, 5.74) is 6.54. The SMILES string of the molecule is Cl.NCCCC(=O)NC(c1ccccc1)C1CCCO1. The molecule has 1 aliphatic rings. The van der Waals surface area contributed by atoms with Gasteiger partial charge >= 0.3 is 0 Å². The second-order valence-electron chi connectivity index (χ2n) is 4.90. The summed E-state index contributed by atoms with van der Waals surface area (Å²) in [6, 6.07) is 9.98. The fourth-order valence-electron chi connectivity index (χ4n) is 2.42. The highest BCUT2D eigenvalue weighted by Crippen LogP contribution is 2.26. The van der Waals surface area contributed by atoms with Crippen molar-refractivity contribution in [1.82, 2.24) is 5.32 Å². The van der Waals surface area contributed by atoms with Crippen molar-refractivity contribution in [2.24, 2.45) is 5.73 Å². The van der Waals surface area contributed by atoms with Gasteiger partial charge in [-0.25, -0.2) is 0 Å². The topological polar surface area (TPSA) is 64.4 Å². The summed E-state index contributed by atoms with van der Waals surface area (Å²) in [5.74, 6) is 0.0507. The number of rotatable bonds is 6. The molecule has 1 amide bonds. The maximum Gasteiger partial charge on any atom is 0.220 e. The Morgan fingerprint density at radius 1 is 1.40 bits per heavy atom. The number of hydrogen-bond acceptors (Lipinski definition) is 3. The van der Waals surface area contributed by atoms with Crippen LogP contribution < -0.4 is 11.1 Å². The molecule has 1 fully saturated rings. The van der Waals surface area contributed by atoms with Gasteiger partial charge in [0, 0.05) is 13.0 Å². The average molecular weight is 299 g/mol. The van der Waals surface area contributed by atoms with Crippen molar-refractivity contribution in [3.05, 3.63) is 35.9 Å². The molecule has 112 valence electrons. The van der Waals surface area contributed by atoms with E-state index in [1.807, 2.05) is 30.3 Å². The van der Waals surface area contributed by atoms with Gasteiger partial charge in [-0.1, -0.05) is 30.3 Å². The number of ether oxygens (including phenoxy) is 1. The molecule has 0 spiro atoms. The minimum absolute atomic E-state index is 0. The molecular formula is C15H23ClN2O2. The van der Waals surface area contributed by atoms with E-state index in [0.29, 0.717) is 13.0 Å². The van der Waals surface area contributed by atoms with Gasteiger partial charge < -0.3 is 15.8 Å². The predicted octanol–water partition coefficient (Wildman–Crippen LogP) is 2.18. The van der Waals surface area contributed by atoms with Crippen molar-refractivity contribution in [3.8, 4) is 0 Å². The standard InChI is InChI=1S/C15H22N2O2.ClH/c16-10-4-9-14(18)17-15(13-8-5-11-19-13)12-6-2-1-3-7-12;/h1-3,6-7,13,15H,4-5,8-11,16H2,(H,17,18);1H. The van der Waals surface area contributed by atoms with Crippen LogP contribution >= 0.6 is 12.4 Å². The molecule has 5 heteroatoms. The Kier molecular flexibility index (Phi) is 7.59. The molecule has 20 heavy (non-hydrogen) atoms. The van der Waals surface area contributed by atoms with Crippen LogP contribution in [0.3, 0.4) is 0 Å². The zero-order valence-corrected chi connectivity index (χ0v) is 12.4. The predicted molar refractivity (Wildman–Crippen MR) is 81.8 cm³/mol. The molecule has 1 aliphatic heterocycles. The van der Waals surface area contributed by atoms with Gasteiger partial charge in [-0.3, -0.25) is 4.79 Å². The van der Waals surface area contributed by atoms with Crippen LogP contribution in [0.15, 0.2) is 30.3 Å². The molecule has 1 aromatic rings. The Morgan fingerprint density at radius 2 is 2.15 bits per heavy atom. The van der Waals surface area contributed by atoms with Crippen LogP contribution in [0, 0.1) is 0 Å². The van der Waals surface area contributed by atoms with Gasteiger partial charge in [-0.15, -0.1) is 12.4 Å². The normalized spacial score (nSPS) is 19.1. The van der Waals surface area contributed by atoms with Gasteiger partial charge in [0.15, 0.2) is 0 Å². The second-order valence-corrected chi connectivity index (χ2v) is 4.90. The van der Waals surface area contributed by atoms with E-state index in [-0.39, 0.29) is 30.5 Å². The number of nitrogens with one attached hydrogen (secondary N) is 1. The minimum Gasteiger partial charge on any atom is -0.376 e. The second kappa shape index (κ2) is 8.95. The van der Waals surface area contributed by atoms with E-state index in [1.165, 1.54) is 0 Å². The van der Waals surface area contributed by atoms with Crippen LogP contribution in [0.2, 0.25) is 0 Å². The number of halogens is 1. The smallest absolute Gasteiger partial charge is 0.220 e. The van der Waals surface area contributed by atoms with Crippen molar-refractivity contribution >= 4 is 18.3 Å². The molecule has 0 bridgehead atoms. The summed E-state index contributed by atoms with van der Waals surface area (Å²) in [6.07, 6.45) is 3.35. The van der Waals surface area contributed by atoms with Crippen molar-refractivity contribution in [2.75, 3.05) is 13.2 Å². The first-order valence-corrected chi connectivity index (χ1v) is 6.97. The number of carbonyl (C=O) groups is 1.